The third kappa shape index (κ3) is 3.57. The van der Waals surface area contributed by atoms with Gasteiger partial charge in [-0.3, -0.25) is 4.79 Å². The molecular weight excluding hydrogens is 385 g/mol. The molecular formula is C20H17ClFN3O3. The molecule has 0 bridgehead atoms. The summed E-state index contributed by atoms with van der Waals surface area (Å²) < 4.78 is 24.1. The maximum atomic E-state index is 13.3. The number of para-hydroxylation sites is 1. The van der Waals surface area contributed by atoms with E-state index in [1.807, 2.05) is 24.3 Å². The van der Waals surface area contributed by atoms with Gasteiger partial charge in [-0.05, 0) is 29.8 Å². The van der Waals surface area contributed by atoms with Gasteiger partial charge in [-0.15, -0.1) is 0 Å². The van der Waals surface area contributed by atoms with E-state index >= 15 is 0 Å². The van der Waals surface area contributed by atoms with Crippen molar-refractivity contribution in [3.63, 3.8) is 0 Å². The highest BCUT2D eigenvalue weighted by Crippen LogP contribution is 2.32. The summed E-state index contributed by atoms with van der Waals surface area (Å²) in [6.45, 7) is 0.796. The Hall–Kier alpha value is -2.93. The van der Waals surface area contributed by atoms with Crippen LogP contribution in [0.3, 0.4) is 0 Å². The molecule has 0 aliphatic carbocycles. The van der Waals surface area contributed by atoms with Crippen LogP contribution in [0.25, 0.3) is 11.4 Å². The number of benzene rings is 2. The van der Waals surface area contributed by atoms with Gasteiger partial charge in [0, 0.05) is 19.5 Å². The lowest BCUT2D eigenvalue weighted by Crippen LogP contribution is -2.24. The molecule has 8 heteroatoms. The second kappa shape index (κ2) is 7.59. The number of rotatable bonds is 5. The van der Waals surface area contributed by atoms with Gasteiger partial charge in [0.2, 0.25) is 17.6 Å². The lowest BCUT2D eigenvalue weighted by Gasteiger charge is -2.16. The average Bonchev–Trinajstić information content (AvgIpc) is 3.32. The van der Waals surface area contributed by atoms with Crippen LogP contribution in [0.4, 0.5) is 4.39 Å². The van der Waals surface area contributed by atoms with E-state index in [2.05, 4.69) is 10.1 Å². The largest absolute Gasteiger partial charge is 0.496 e. The summed E-state index contributed by atoms with van der Waals surface area (Å²) in [6.07, 6.45) is 0.280. The van der Waals surface area contributed by atoms with Gasteiger partial charge in [0.15, 0.2) is 0 Å². The summed E-state index contributed by atoms with van der Waals surface area (Å²) in [5.74, 6) is 0.775. The fourth-order valence-electron chi connectivity index (χ4n) is 3.29. The third-order valence-corrected chi connectivity index (χ3v) is 5.00. The molecule has 6 nitrogen and oxygen atoms in total. The molecule has 1 fully saturated rings. The number of amides is 1. The Balaban J connectivity index is 1.50. The highest BCUT2D eigenvalue weighted by molar-refractivity contribution is 6.30. The smallest absolute Gasteiger partial charge is 0.232 e. The van der Waals surface area contributed by atoms with Crippen LogP contribution in [0, 0.1) is 5.82 Å². The zero-order valence-corrected chi connectivity index (χ0v) is 15.8. The van der Waals surface area contributed by atoms with Gasteiger partial charge < -0.3 is 14.2 Å². The predicted octanol–water partition coefficient (Wildman–Crippen LogP) is 4.05. The van der Waals surface area contributed by atoms with Crippen LogP contribution < -0.4 is 4.74 Å². The van der Waals surface area contributed by atoms with E-state index in [1.165, 1.54) is 12.1 Å². The van der Waals surface area contributed by atoms with Crippen molar-refractivity contribution < 1.29 is 18.4 Å². The summed E-state index contributed by atoms with van der Waals surface area (Å²) in [7, 11) is 1.58. The number of hydrogen-bond donors (Lipinski definition) is 0. The molecule has 0 radical (unpaired) electrons. The zero-order valence-electron chi connectivity index (χ0n) is 15.1. The summed E-state index contributed by atoms with van der Waals surface area (Å²) in [6, 6.07) is 11.8. The van der Waals surface area contributed by atoms with Gasteiger partial charge in [0.05, 0.1) is 23.6 Å². The minimum atomic E-state index is -0.481. The molecule has 1 aliphatic rings. The third-order valence-electron chi connectivity index (χ3n) is 4.71. The number of halogens is 2. The molecule has 0 spiro atoms. The van der Waals surface area contributed by atoms with E-state index in [-0.39, 0.29) is 23.3 Å². The van der Waals surface area contributed by atoms with Crippen LogP contribution in [0.2, 0.25) is 5.02 Å². The first-order valence-electron chi connectivity index (χ1n) is 8.74. The SMILES string of the molecule is COc1ccccc1-c1noc(C2CC(=O)N(Cc3ccc(F)c(Cl)c3)C2)n1. The second-order valence-electron chi connectivity index (χ2n) is 6.58. The molecule has 1 unspecified atom stereocenters. The molecule has 4 rings (SSSR count). The van der Waals surface area contributed by atoms with Gasteiger partial charge in [0.1, 0.15) is 11.6 Å². The quantitative estimate of drug-likeness (QED) is 0.645. The Morgan fingerprint density at radius 2 is 2.14 bits per heavy atom. The van der Waals surface area contributed by atoms with E-state index in [0.29, 0.717) is 30.6 Å². The number of aromatic nitrogens is 2. The molecule has 1 aliphatic heterocycles. The van der Waals surface area contributed by atoms with Crippen molar-refractivity contribution in [1.29, 1.82) is 0 Å². The molecule has 1 amide bonds. The lowest BCUT2D eigenvalue weighted by molar-refractivity contribution is -0.128. The van der Waals surface area contributed by atoms with Crippen molar-refractivity contribution >= 4 is 17.5 Å². The van der Waals surface area contributed by atoms with Crippen LogP contribution in [-0.2, 0) is 11.3 Å². The minimum absolute atomic E-state index is 0.0255. The van der Waals surface area contributed by atoms with Crippen molar-refractivity contribution in [3.05, 3.63) is 64.8 Å². The number of ether oxygens (including phenoxy) is 1. The minimum Gasteiger partial charge on any atom is -0.496 e. The predicted molar refractivity (Wildman–Crippen MR) is 100 cm³/mol. The highest BCUT2D eigenvalue weighted by Gasteiger charge is 2.34. The molecule has 3 aromatic rings. The van der Waals surface area contributed by atoms with Crippen molar-refractivity contribution in [3.8, 4) is 17.1 Å². The van der Waals surface area contributed by atoms with E-state index < -0.39 is 5.82 Å². The van der Waals surface area contributed by atoms with E-state index in [9.17, 15) is 9.18 Å². The number of nitrogens with zero attached hydrogens (tertiary/aromatic N) is 3. The maximum absolute atomic E-state index is 13.3. The monoisotopic (exact) mass is 401 g/mol. The fourth-order valence-corrected chi connectivity index (χ4v) is 3.49. The molecule has 1 saturated heterocycles. The number of carbonyl (C=O) groups is 1. The van der Waals surface area contributed by atoms with Crippen LogP contribution in [0.15, 0.2) is 47.0 Å². The van der Waals surface area contributed by atoms with Gasteiger partial charge in [-0.2, -0.15) is 4.98 Å². The molecule has 1 atom stereocenters. The van der Waals surface area contributed by atoms with Crippen LogP contribution in [-0.4, -0.2) is 34.6 Å². The van der Waals surface area contributed by atoms with Crippen molar-refractivity contribution in [2.75, 3.05) is 13.7 Å². The van der Waals surface area contributed by atoms with Crippen molar-refractivity contribution in [1.82, 2.24) is 15.0 Å². The van der Waals surface area contributed by atoms with E-state index in [0.717, 1.165) is 11.1 Å². The Morgan fingerprint density at radius 1 is 1.32 bits per heavy atom. The van der Waals surface area contributed by atoms with E-state index in [1.54, 1.807) is 18.1 Å². The van der Waals surface area contributed by atoms with Gasteiger partial charge >= 0.3 is 0 Å². The molecule has 2 aromatic carbocycles. The molecule has 1 aromatic heterocycles. The first kappa shape index (κ1) is 18.4. The standard InChI is InChI=1S/C20H17ClFN3O3/c1-27-17-5-3-2-4-14(17)19-23-20(28-24-19)13-9-18(26)25(11-13)10-12-6-7-16(22)15(21)8-12/h2-8,13H,9-11H2,1H3. The maximum Gasteiger partial charge on any atom is 0.232 e. The summed E-state index contributed by atoms with van der Waals surface area (Å²) >= 11 is 5.82. The van der Waals surface area contributed by atoms with Crippen LogP contribution in [0.5, 0.6) is 5.75 Å². The molecule has 144 valence electrons. The molecule has 2 heterocycles. The van der Waals surface area contributed by atoms with Gasteiger partial charge in [-0.1, -0.05) is 35.0 Å². The molecule has 28 heavy (non-hydrogen) atoms. The Morgan fingerprint density at radius 3 is 2.93 bits per heavy atom. The van der Waals surface area contributed by atoms with Crippen molar-refractivity contribution in [2.24, 2.45) is 0 Å². The summed E-state index contributed by atoms with van der Waals surface area (Å²) in [5, 5.41) is 4.08. The molecule has 0 N–H and O–H groups in total. The Kier molecular flexibility index (Phi) is 5.00. The summed E-state index contributed by atoms with van der Waals surface area (Å²) in [5.41, 5.74) is 1.49. The highest BCUT2D eigenvalue weighted by atomic mass is 35.5. The first-order chi connectivity index (χ1) is 13.5. The van der Waals surface area contributed by atoms with E-state index in [4.69, 9.17) is 20.9 Å². The average molecular weight is 402 g/mol. The van der Waals surface area contributed by atoms with Gasteiger partial charge in [-0.25, -0.2) is 4.39 Å². The lowest BCUT2D eigenvalue weighted by atomic mass is 10.1. The zero-order chi connectivity index (χ0) is 19.7. The van der Waals surface area contributed by atoms with Crippen molar-refractivity contribution in [2.45, 2.75) is 18.9 Å². The number of carbonyl (C=O) groups excluding carboxylic acids is 1. The second-order valence-corrected chi connectivity index (χ2v) is 6.99. The number of likely N-dealkylation sites (tertiary alicyclic amines) is 1. The fraction of sp³-hybridized carbons (Fsp3) is 0.250. The number of methoxy groups -OCH3 is 1. The first-order valence-corrected chi connectivity index (χ1v) is 9.11. The summed E-state index contributed by atoms with van der Waals surface area (Å²) in [4.78, 5) is 18.5. The van der Waals surface area contributed by atoms with Crippen LogP contribution in [0.1, 0.15) is 23.8 Å². The topological polar surface area (TPSA) is 68.5 Å². The Bertz CT molecular complexity index is 1020. The van der Waals surface area contributed by atoms with Gasteiger partial charge in [0.25, 0.3) is 0 Å². The Labute approximate surface area is 165 Å². The number of hydrogen-bond acceptors (Lipinski definition) is 5. The van der Waals surface area contributed by atoms with Crippen LogP contribution >= 0.6 is 11.6 Å². The normalized spacial score (nSPS) is 16.6. The molecule has 0 saturated carbocycles.